The molecule has 1 N–H and O–H groups in total. The minimum absolute atomic E-state index is 0.0519. The summed E-state index contributed by atoms with van der Waals surface area (Å²) in [5.74, 6) is -0.473. The molecule has 0 fully saturated rings. The molecule has 0 spiro atoms. The lowest BCUT2D eigenvalue weighted by atomic mass is 10.1. The molecule has 2 amide bonds. The summed E-state index contributed by atoms with van der Waals surface area (Å²) in [6, 6.07) is 20.1. The Kier molecular flexibility index (Phi) is 10.7. The van der Waals surface area contributed by atoms with E-state index in [1.165, 1.54) is 17.0 Å². The van der Waals surface area contributed by atoms with Gasteiger partial charge in [-0.15, -0.1) is 0 Å². The number of nitrogens with one attached hydrogen (secondary N) is 1. The summed E-state index contributed by atoms with van der Waals surface area (Å²) in [6.45, 7) is 9.67. The van der Waals surface area contributed by atoms with Gasteiger partial charge in [0.1, 0.15) is 18.3 Å². The lowest BCUT2D eigenvalue weighted by molar-refractivity contribution is -0.139. The van der Waals surface area contributed by atoms with E-state index in [-0.39, 0.29) is 23.0 Å². The van der Waals surface area contributed by atoms with Gasteiger partial charge in [0, 0.05) is 13.1 Å². The standard InChI is InChI=1S/C31H39N3O5S/c1-6-20-32-31(36)25(5)33(21-26-16-12-23(3)13-17-26)30(35)22-34(28-10-8-9-11-29(28)39-7-2)40(37,38)27-18-14-24(4)15-19-27/h8-19,25H,6-7,20-22H2,1-5H3,(H,32,36)/t25-/m0/s1. The van der Waals surface area contributed by atoms with Crippen LogP contribution >= 0.6 is 0 Å². The Bertz CT molecular complexity index is 1390. The van der Waals surface area contributed by atoms with Crippen LogP contribution in [-0.4, -0.2) is 50.9 Å². The zero-order valence-corrected chi connectivity index (χ0v) is 24.7. The second kappa shape index (κ2) is 14.0. The van der Waals surface area contributed by atoms with Crippen molar-refractivity contribution in [3.63, 3.8) is 0 Å². The molecule has 0 saturated carbocycles. The fraction of sp³-hybridized carbons (Fsp3) is 0.355. The zero-order valence-electron chi connectivity index (χ0n) is 23.9. The van der Waals surface area contributed by atoms with Crippen LogP contribution in [0.5, 0.6) is 5.75 Å². The van der Waals surface area contributed by atoms with Crippen molar-refractivity contribution >= 4 is 27.5 Å². The minimum atomic E-state index is -4.17. The topological polar surface area (TPSA) is 96.0 Å². The average Bonchev–Trinajstić information content (AvgIpc) is 2.94. The number of nitrogens with zero attached hydrogens (tertiary/aromatic N) is 2. The van der Waals surface area contributed by atoms with E-state index in [4.69, 9.17) is 4.74 Å². The number of carbonyl (C=O) groups is 2. The average molecular weight is 566 g/mol. The fourth-order valence-electron chi connectivity index (χ4n) is 4.16. The van der Waals surface area contributed by atoms with Crippen LogP contribution in [0.2, 0.25) is 0 Å². The third-order valence-electron chi connectivity index (χ3n) is 6.51. The highest BCUT2D eigenvalue weighted by molar-refractivity contribution is 7.92. The summed E-state index contributed by atoms with van der Waals surface area (Å²) < 4.78 is 34.9. The number of rotatable bonds is 13. The molecule has 0 unspecified atom stereocenters. The summed E-state index contributed by atoms with van der Waals surface area (Å²) in [5.41, 5.74) is 3.05. The molecule has 214 valence electrons. The van der Waals surface area contributed by atoms with E-state index < -0.39 is 28.5 Å². The first-order chi connectivity index (χ1) is 19.1. The first-order valence-corrected chi connectivity index (χ1v) is 15.0. The molecule has 0 bridgehead atoms. The molecular formula is C31H39N3O5S. The molecule has 3 aromatic rings. The fourth-order valence-corrected chi connectivity index (χ4v) is 5.58. The van der Waals surface area contributed by atoms with Crippen LogP contribution in [0.1, 0.15) is 43.9 Å². The number of amides is 2. The van der Waals surface area contributed by atoms with Crippen molar-refractivity contribution in [2.75, 3.05) is 24.0 Å². The SMILES string of the molecule is CCCNC(=O)[C@H](C)N(Cc1ccc(C)cc1)C(=O)CN(c1ccccc1OCC)S(=O)(=O)c1ccc(C)cc1. The molecule has 40 heavy (non-hydrogen) atoms. The summed E-state index contributed by atoms with van der Waals surface area (Å²) in [4.78, 5) is 28.5. The molecule has 0 aliphatic heterocycles. The van der Waals surface area contributed by atoms with Gasteiger partial charge in [-0.25, -0.2) is 8.42 Å². The first-order valence-electron chi connectivity index (χ1n) is 13.5. The van der Waals surface area contributed by atoms with Crippen LogP contribution in [-0.2, 0) is 26.2 Å². The summed E-state index contributed by atoms with van der Waals surface area (Å²) >= 11 is 0. The number of hydrogen-bond acceptors (Lipinski definition) is 5. The molecule has 0 aliphatic rings. The summed E-state index contributed by atoms with van der Waals surface area (Å²) in [7, 11) is -4.17. The van der Waals surface area contributed by atoms with Crippen LogP contribution in [0.3, 0.4) is 0 Å². The smallest absolute Gasteiger partial charge is 0.264 e. The van der Waals surface area contributed by atoms with E-state index in [1.54, 1.807) is 50.2 Å². The van der Waals surface area contributed by atoms with Gasteiger partial charge in [-0.1, -0.05) is 66.6 Å². The second-order valence-corrected chi connectivity index (χ2v) is 11.6. The van der Waals surface area contributed by atoms with E-state index >= 15 is 0 Å². The molecule has 9 heteroatoms. The van der Waals surface area contributed by atoms with Crippen LogP contribution < -0.4 is 14.4 Å². The van der Waals surface area contributed by atoms with Crippen LogP contribution in [0, 0.1) is 13.8 Å². The highest BCUT2D eigenvalue weighted by atomic mass is 32.2. The lowest BCUT2D eigenvalue weighted by Gasteiger charge is -2.32. The number of anilines is 1. The number of hydrogen-bond donors (Lipinski definition) is 1. The van der Waals surface area contributed by atoms with Crippen LogP contribution in [0.4, 0.5) is 5.69 Å². The third-order valence-corrected chi connectivity index (χ3v) is 8.29. The van der Waals surface area contributed by atoms with Crippen molar-refractivity contribution in [3.8, 4) is 5.75 Å². The quantitative estimate of drug-likeness (QED) is 0.320. The largest absolute Gasteiger partial charge is 0.492 e. The van der Waals surface area contributed by atoms with Gasteiger partial charge in [-0.2, -0.15) is 0 Å². The Morgan fingerprint density at radius 3 is 2.10 bits per heavy atom. The Morgan fingerprint density at radius 1 is 0.900 bits per heavy atom. The molecule has 3 rings (SSSR count). The zero-order chi connectivity index (χ0) is 29.3. The van der Waals surface area contributed by atoms with E-state index in [9.17, 15) is 18.0 Å². The minimum Gasteiger partial charge on any atom is -0.492 e. The van der Waals surface area contributed by atoms with Crippen molar-refractivity contribution in [3.05, 3.63) is 89.5 Å². The van der Waals surface area contributed by atoms with Gasteiger partial charge in [-0.3, -0.25) is 13.9 Å². The summed E-state index contributed by atoms with van der Waals surface area (Å²) in [6.07, 6.45) is 0.751. The number of para-hydroxylation sites is 2. The van der Waals surface area contributed by atoms with Gasteiger partial charge >= 0.3 is 0 Å². The van der Waals surface area contributed by atoms with Gasteiger partial charge in [0.05, 0.1) is 17.2 Å². The van der Waals surface area contributed by atoms with Crippen molar-refractivity contribution in [2.45, 2.75) is 58.5 Å². The maximum absolute atomic E-state index is 14.0. The van der Waals surface area contributed by atoms with Gasteiger partial charge in [0.2, 0.25) is 11.8 Å². The molecule has 3 aromatic carbocycles. The predicted octanol–water partition coefficient (Wildman–Crippen LogP) is 4.84. The first kappa shape index (κ1) is 30.7. The Morgan fingerprint density at radius 2 is 1.50 bits per heavy atom. The molecule has 0 radical (unpaired) electrons. The molecular weight excluding hydrogens is 526 g/mol. The van der Waals surface area contributed by atoms with Crippen molar-refractivity contribution in [2.24, 2.45) is 0 Å². The highest BCUT2D eigenvalue weighted by Gasteiger charge is 2.33. The van der Waals surface area contributed by atoms with Gasteiger partial charge < -0.3 is 15.0 Å². The third kappa shape index (κ3) is 7.63. The number of sulfonamides is 1. The van der Waals surface area contributed by atoms with E-state index in [2.05, 4.69) is 5.32 Å². The van der Waals surface area contributed by atoms with Gasteiger partial charge in [0.15, 0.2) is 0 Å². The van der Waals surface area contributed by atoms with Crippen LogP contribution in [0.25, 0.3) is 0 Å². The Balaban J connectivity index is 2.06. The predicted molar refractivity (Wildman–Crippen MR) is 158 cm³/mol. The molecule has 0 heterocycles. The number of aryl methyl sites for hydroxylation is 2. The monoisotopic (exact) mass is 565 g/mol. The van der Waals surface area contributed by atoms with E-state index in [0.717, 1.165) is 27.4 Å². The van der Waals surface area contributed by atoms with Crippen molar-refractivity contribution in [1.29, 1.82) is 0 Å². The molecule has 0 aliphatic carbocycles. The Hall–Kier alpha value is -3.85. The van der Waals surface area contributed by atoms with Crippen molar-refractivity contribution in [1.82, 2.24) is 10.2 Å². The number of carbonyl (C=O) groups excluding carboxylic acids is 2. The maximum Gasteiger partial charge on any atom is 0.264 e. The number of benzene rings is 3. The molecule has 1 atom stereocenters. The van der Waals surface area contributed by atoms with Gasteiger partial charge in [0.25, 0.3) is 10.0 Å². The highest BCUT2D eigenvalue weighted by Crippen LogP contribution is 2.33. The maximum atomic E-state index is 14.0. The molecule has 8 nitrogen and oxygen atoms in total. The second-order valence-electron chi connectivity index (χ2n) is 9.70. The normalized spacial score (nSPS) is 11.9. The van der Waals surface area contributed by atoms with E-state index in [0.29, 0.717) is 18.9 Å². The van der Waals surface area contributed by atoms with Crippen molar-refractivity contribution < 1.29 is 22.7 Å². The van der Waals surface area contributed by atoms with Gasteiger partial charge in [-0.05, 0) is 63.9 Å². The Labute approximate surface area is 238 Å². The lowest BCUT2D eigenvalue weighted by Crippen LogP contribution is -2.51. The van der Waals surface area contributed by atoms with Crippen LogP contribution in [0.15, 0.2) is 77.7 Å². The summed E-state index contributed by atoms with van der Waals surface area (Å²) in [5, 5.41) is 2.85. The number of ether oxygens (including phenoxy) is 1. The van der Waals surface area contributed by atoms with E-state index in [1.807, 2.05) is 45.0 Å². The molecule has 0 aromatic heterocycles. The molecule has 0 saturated heterocycles.